The number of ether oxygens (including phenoxy) is 1. The molecule has 0 aliphatic carbocycles. The molecule has 0 aliphatic rings. The highest BCUT2D eigenvalue weighted by Gasteiger charge is 2.27. The first-order valence-corrected chi connectivity index (χ1v) is 11.3. The summed E-state index contributed by atoms with van der Waals surface area (Å²) in [6.07, 6.45) is 0.626. The fraction of sp³-hybridized carbons (Fsp3) is 0.450. The lowest BCUT2D eigenvalue weighted by molar-refractivity contribution is -0.144. The van der Waals surface area contributed by atoms with E-state index in [2.05, 4.69) is 36.8 Å². The number of esters is 1. The highest BCUT2D eigenvalue weighted by Crippen LogP contribution is 2.28. The first-order valence-electron chi connectivity index (χ1n) is 9.69. The monoisotopic (exact) mass is 496 g/mol. The first kappa shape index (κ1) is 23.9. The van der Waals surface area contributed by atoms with E-state index in [0.29, 0.717) is 16.6 Å². The lowest BCUT2D eigenvalue weighted by Gasteiger charge is -2.22. The van der Waals surface area contributed by atoms with Crippen LogP contribution >= 0.6 is 27.3 Å². The minimum Gasteiger partial charge on any atom is -0.466 e. The summed E-state index contributed by atoms with van der Waals surface area (Å²) >= 11 is 4.67. The second kappa shape index (κ2) is 11.8. The van der Waals surface area contributed by atoms with Crippen LogP contribution in [0, 0.1) is 5.92 Å². The van der Waals surface area contributed by atoms with Crippen molar-refractivity contribution < 1.29 is 19.1 Å². The molecule has 1 aromatic carbocycles. The fourth-order valence-electron chi connectivity index (χ4n) is 2.59. The SMILES string of the molecule is CCOC(=O)CCC(=O)NC(C(=O)Nc1nnc(-c2cccc(Br)c2)s1)C(C)CC. The number of carbonyl (C=O) groups excluding carboxylic acids is 3. The van der Waals surface area contributed by atoms with Crippen molar-refractivity contribution in [2.24, 2.45) is 5.92 Å². The van der Waals surface area contributed by atoms with Crippen LogP contribution < -0.4 is 10.6 Å². The van der Waals surface area contributed by atoms with Crippen molar-refractivity contribution in [3.05, 3.63) is 28.7 Å². The molecule has 0 fully saturated rings. The second-order valence-corrected chi connectivity index (χ2v) is 8.54. The Morgan fingerprint density at radius 1 is 1.20 bits per heavy atom. The number of aromatic nitrogens is 2. The molecule has 0 spiro atoms. The maximum atomic E-state index is 12.8. The Labute approximate surface area is 187 Å². The van der Waals surface area contributed by atoms with Gasteiger partial charge in [0.1, 0.15) is 11.0 Å². The zero-order valence-corrected chi connectivity index (χ0v) is 19.5. The van der Waals surface area contributed by atoms with E-state index in [4.69, 9.17) is 4.74 Å². The van der Waals surface area contributed by atoms with E-state index in [1.165, 1.54) is 11.3 Å². The summed E-state index contributed by atoms with van der Waals surface area (Å²) in [4.78, 5) is 36.5. The Balaban J connectivity index is 2.01. The second-order valence-electron chi connectivity index (χ2n) is 6.65. The van der Waals surface area contributed by atoms with Gasteiger partial charge >= 0.3 is 5.97 Å². The molecule has 2 rings (SSSR count). The van der Waals surface area contributed by atoms with Gasteiger partial charge in [0.25, 0.3) is 0 Å². The van der Waals surface area contributed by atoms with Crippen LogP contribution in [0.15, 0.2) is 28.7 Å². The van der Waals surface area contributed by atoms with Crippen molar-refractivity contribution in [3.63, 3.8) is 0 Å². The fourth-order valence-corrected chi connectivity index (χ4v) is 3.73. The quantitative estimate of drug-likeness (QED) is 0.484. The Morgan fingerprint density at radius 3 is 2.63 bits per heavy atom. The van der Waals surface area contributed by atoms with Crippen LogP contribution in [-0.4, -0.2) is 40.6 Å². The minimum absolute atomic E-state index is 0.0269. The molecule has 8 nitrogen and oxygen atoms in total. The molecule has 2 unspecified atom stereocenters. The molecular weight excluding hydrogens is 472 g/mol. The van der Waals surface area contributed by atoms with Crippen LogP contribution in [-0.2, 0) is 19.1 Å². The van der Waals surface area contributed by atoms with Gasteiger partial charge in [0, 0.05) is 16.5 Å². The van der Waals surface area contributed by atoms with E-state index in [9.17, 15) is 14.4 Å². The Hall–Kier alpha value is -2.33. The maximum absolute atomic E-state index is 12.8. The van der Waals surface area contributed by atoms with Crippen molar-refractivity contribution in [2.45, 2.75) is 46.1 Å². The van der Waals surface area contributed by atoms with Crippen LogP contribution in [0.25, 0.3) is 10.6 Å². The number of nitrogens with one attached hydrogen (secondary N) is 2. The van der Waals surface area contributed by atoms with E-state index in [-0.39, 0.29) is 37.2 Å². The van der Waals surface area contributed by atoms with Crippen molar-refractivity contribution >= 4 is 50.2 Å². The Kier molecular flexibility index (Phi) is 9.38. The van der Waals surface area contributed by atoms with Gasteiger partial charge in [0.2, 0.25) is 16.9 Å². The Morgan fingerprint density at radius 2 is 1.97 bits per heavy atom. The molecule has 2 atom stereocenters. The highest BCUT2D eigenvalue weighted by atomic mass is 79.9. The number of hydrogen-bond donors (Lipinski definition) is 2. The minimum atomic E-state index is -0.747. The topological polar surface area (TPSA) is 110 Å². The molecule has 0 saturated carbocycles. The molecule has 0 bridgehead atoms. The van der Waals surface area contributed by atoms with Gasteiger partial charge in [-0.25, -0.2) is 0 Å². The summed E-state index contributed by atoms with van der Waals surface area (Å²) in [6, 6.07) is 6.88. The zero-order valence-electron chi connectivity index (χ0n) is 17.1. The standard InChI is InChI=1S/C20H25BrN4O4S/c1-4-12(3)17(22-15(26)9-10-16(27)29-5-2)18(28)23-20-25-24-19(30-20)13-7-6-8-14(21)11-13/h6-8,11-12,17H,4-5,9-10H2,1-3H3,(H,22,26)(H,23,25,28). The molecule has 0 radical (unpaired) electrons. The third-order valence-corrected chi connectivity index (χ3v) is 5.78. The largest absolute Gasteiger partial charge is 0.466 e. The van der Waals surface area contributed by atoms with E-state index < -0.39 is 12.0 Å². The molecule has 2 N–H and O–H groups in total. The summed E-state index contributed by atoms with van der Waals surface area (Å²) in [5, 5.41) is 14.6. The van der Waals surface area contributed by atoms with Gasteiger partial charge < -0.3 is 10.1 Å². The molecule has 1 heterocycles. The summed E-state index contributed by atoms with van der Waals surface area (Å²) in [6.45, 7) is 5.79. The van der Waals surface area contributed by atoms with Crippen LogP contribution in [0.4, 0.5) is 5.13 Å². The van der Waals surface area contributed by atoms with Crippen LogP contribution in [0.1, 0.15) is 40.0 Å². The number of halogens is 1. The predicted molar refractivity (Wildman–Crippen MR) is 119 cm³/mol. The van der Waals surface area contributed by atoms with E-state index in [1.54, 1.807) is 6.92 Å². The third kappa shape index (κ3) is 7.17. The molecule has 2 aromatic rings. The zero-order chi connectivity index (χ0) is 22.1. The number of carbonyl (C=O) groups is 3. The average molecular weight is 497 g/mol. The van der Waals surface area contributed by atoms with Crippen LogP contribution in [0.2, 0.25) is 0 Å². The summed E-state index contributed by atoms with van der Waals surface area (Å²) in [5.41, 5.74) is 0.883. The number of anilines is 1. The van der Waals surface area contributed by atoms with Crippen molar-refractivity contribution in [1.29, 1.82) is 0 Å². The van der Waals surface area contributed by atoms with Gasteiger partial charge in [0.15, 0.2) is 0 Å². The number of amides is 2. The van der Waals surface area contributed by atoms with Gasteiger partial charge in [0.05, 0.1) is 13.0 Å². The Bertz CT molecular complexity index is 889. The number of hydrogen-bond acceptors (Lipinski definition) is 7. The smallest absolute Gasteiger partial charge is 0.306 e. The summed E-state index contributed by atoms with van der Waals surface area (Å²) in [5.74, 6) is -1.29. The molecule has 0 aliphatic heterocycles. The number of benzene rings is 1. The number of nitrogens with zero attached hydrogens (tertiary/aromatic N) is 2. The van der Waals surface area contributed by atoms with Gasteiger partial charge in [-0.1, -0.05) is 59.7 Å². The normalized spacial score (nSPS) is 12.7. The average Bonchev–Trinajstić information content (AvgIpc) is 3.18. The van der Waals surface area contributed by atoms with E-state index in [1.807, 2.05) is 38.1 Å². The van der Waals surface area contributed by atoms with Gasteiger partial charge in [-0.2, -0.15) is 0 Å². The lowest BCUT2D eigenvalue weighted by atomic mass is 9.98. The van der Waals surface area contributed by atoms with Gasteiger partial charge in [-0.3, -0.25) is 19.7 Å². The van der Waals surface area contributed by atoms with Crippen molar-refractivity contribution in [3.8, 4) is 10.6 Å². The molecule has 162 valence electrons. The molecule has 10 heteroatoms. The van der Waals surface area contributed by atoms with Crippen molar-refractivity contribution in [1.82, 2.24) is 15.5 Å². The molecular formula is C20H25BrN4O4S. The maximum Gasteiger partial charge on any atom is 0.306 e. The van der Waals surface area contributed by atoms with Gasteiger partial charge in [-0.15, -0.1) is 10.2 Å². The van der Waals surface area contributed by atoms with E-state index in [0.717, 1.165) is 10.0 Å². The number of rotatable bonds is 10. The van der Waals surface area contributed by atoms with Crippen LogP contribution in [0.5, 0.6) is 0 Å². The van der Waals surface area contributed by atoms with Crippen molar-refractivity contribution in [2.75, 3.05) is 11.9 Å². The summed E-state index contributed by atoms with van der Waals surface area (Å²) in [7, 11) is 0. The summed E-state index contributed by atoms with van der Waals surface area (Å²) < 4.78 is 5.74. The van der Waals surface area contributed by atoms with Crippen LogP contribution in [0.3, 0.4) is 0 Å². The lowest BCUT2D eigenvalue weighted by Crippen LogP contribution is -2.47. The highest BCUT2D eigenvalue weighted by molar-refractivity contribution is 9.10. The molecule has 30 heavy (non-hydrogen) atoms. The third-order valence-electron chi connectivity index (χ3n) is 4.40. The molecule has 1 aromatic heterocycles. The predicted octanol–water partition coefficient (Wildman–Crippen LogP) is 3.78. The molecule has 2 amide bonds. The van der Waals surface area contributed by atoms with E-state index >= 15 is 0 Å². The van der Waals surface area contributed by atoms with Gasteiger partial charge in [-0.05, 0) is 25.0 Å². The first-order chi connectivity index (χ1) is 14.3. The molecule has 0 saturated heterocycles.